The number of allylic oxidation sites excluding steroid dienone is 2. The third-order valence-corrected chi connectivity index (χ3v) is 5.79. The molecule has 0 unspecified atom stereocenters. The van der Waals surface area contributed by atoms with Crippen LogP contribution in [0.2, 0.25) is 0 Å². The molecule has 4 rings (SSSR count). The molecular weight excluding hydrogens is 398 g/mol. The van der Waals surface area contributed by atoms with Gasteiger partial charge in [-0.1, -0.05) is 117 Å². The number of hydrogen-bond donors (Lipinski definition) is 0. The lowest BCUT2D eigenvalue weighted by atomic mass is 9.98. The van der Waals surface area contributed by atoms with Crippen molar-refractivity contribution in [2.45, 2.75) is 20.3 Å². The molecule has 162 valence electrons. The van der Waals surface area contributed by atoms with E-state index in [1.807, 2.05) is 36.4 Å². The SMILES string of the molecule is C=C(/C=C(\N=C(C)c1ccccc1)c1cccc(-c2ccc(CC)cc2)c1)c1ccccc1. The van der Waals surface area contributed by atoms with Crippen LogP contribution in [-0.2, 0) is 6.42 Å². The Morgan fingerprint density at radius 1 is 0.697 bits per heavy atom. The van der Waals surface area contributed by atoms with Gasteiger partial charge in [-0.15, -0.1) is 0 Å². The Kier molecular flexibility index (Phi) is 7.12. The van der Waals surface area contributed by atoms with Crippen molar-refractivity contribution in [3.63, 3.8) is 0 Å². The van der Waals surface area contributed by atoms with E-state index in [0.717, 1.165) is 40.1 Å². The van der Waals surface area contributed by atoms with Crippen molar-refractivity contribution in [2.75, 3.05) is 0 Å². The molecule has 0 saturated heterocycles. The van der Waals surface area contributed by atoms with Crippen LogP contribution in [0.4, 0.5) is 0 Å². The molecule has 1 heteroatoms. The predicted molar refractivity (Wildman–Crippen MR) is 143 cm³/mol. The number of benzene rings is 4. The zero-order valence-corrected chi connectivity index (χ0v) is 19.3. The fourth-order valence-electron chi connectivity index (χ4n) is 3.80. The molecule has 33 heavy (non-hydrogen) atoms. The van der Waals surface area contributed by atoms with Gasteiger partial charge in [-0.25, -0.2) is 0 Å². The van der Waals surface area contributed by atoms with Crippen molar-refractivity contribution in [2.24, 2.45) is 4.99 Å². The zero-order valence-electron chi connectivity index (χ0n) is 19.3. The van der Waals surface area contributed by atoms with Gasteiger partial charge in [-0.3, -0.25) is 4.99 Å². The third kappa shape index (κ3) is 5.64. The van der Waals surface area contributed by atoms with Gasteiger partial charge < -0.3 is 0 Å². The summed E-state index contributed by atoms with van der Waals surface area (Å²) in [7, 11) is 0. The zero-order chi connectivity index (χ0) is 23.0. The first kappa shape index (κ1) is 22.2. The fraction of sp³-hybridized carbons (Fsp3) is 0.0938. The molecule has 0 aliphatic heterocycles. The summed E-state index contributed by atoms with van der Waals surface area (Å²) in [6.45, 7) is 8.56. The Labute approximate surface area is 197 Å². The van der Waals surface area contributed by atoms with Gasteiger partial charge in [0.05, 0.1) is 5.70 Å². The minimum absolute atomic E-state index is 0.900. The van der Waals surface area contributed by atoms with Gasteiger partial charge in [0.15, 0.2) is 0 Å². The average Bonchev–Trinajstić information content (AvgIpc) is 2.89. The van der Waals surface area contributed by atoms with Crippen LogP contribution in [0.25, 0.3) is 22.4 Å². The maximum absolute atomic E-state index is 5.06. The minimum atomic E-state index is 0.900. The average molecular weight is 428 g/mol. The first-order chi connectivity index (χ1) is 16.1. The number of nitrogens with zero attached hydrogens (tertiary/aromatic N) is 1. The Balaban J connectivity index is 1.77. The first-order valence-corrected chi connectivity index (χ1v) is 11.4. The molecule has 4 aromatic carbocycles. The van der Waals surface area contributed by atoms with Crippen LogP contribution in [0, 0.1) is 0 Å². The van der Waals surface area contributed by atoms with Crippen molar-refractivity contribution < 1.29 is 0 Å². The molecule has 0 N–H and O–H groups in total. The second-order valence-electron chi connectivity index (χ2n) is 8.12. The van der Waals surface area contributed by atoms with Crippen molar-refractivity contribution in [3.8, 4) is 11.1 Å². The summed E-state index contributed by atoms with van der Waals surface area (Å²) in [5.74, 6) is 0. The molecule has 0 aliphatic carbocycles. The summed E-state index contributed by atoms with van der Waals surface area (Å²) in [5.41, 5.74) is 9.81. The smallest absolute Gasteiger partial charge is 0.0711 e. The van der Waals surface area contributed by atoms with E-state index in [4.69, 9.17) is 4.99 Å². The summed E-state index contributed by atoms with van der Waals surface area (Å²) in [4.78, 5) is 5.06. The highest BCUT2D eigenvalue weighted by molar-refractivity contribution is 6.02. The monoisotopic (exact) mass is 427 g/mol. The molecule has 4 aromatic rings. The van der Waals surface area contributed by atoms with E-state index in [2.05, 4.69) is 99.3 Å². The van der Waals surface area contributed by atoms with Crippen LogP contribution in [0.1, 0.15) is 36.1 Å². The fourth-order valence-corrected chi connectivity index (χ4v) is 3.80. The maximum Gasteiger partial charge on any atom is 0.0711 e. The topological polar surface area (TPSA) is 12.4 Å². The largest absolute Gasteiger partial charge is 0.252 e. The molecule has 1 nitrogen and oxygen atoms in total. The standard InChI is InChI=1S/C32H29N/c1-4-26-18-20-29(21-19-26)30-16-11-17-31(23-30)32(22-24(2)27-12-7-5-8-13-27)33-25(3)28-14-9-6-10-15-28/h5-23H,2,4H2,1,3H3/b32-22-,33-25?. The van der Waals surface area contributed by atoms with Gasteiger partial charge in [0.25, 0.3) is 0 Å². The van der Waals surface area contributed by atoms with E-state index in [9.17, 15) is 0 Å². The van der Waals surface area contributed by atoms with Crippen LogP contribution in [0.15, 0.2) is 127 Å². The van der Waals surface area contributed by atoms with Gasteiger partial charge in [-0.2, -0.15) is 0 Å². The molecule has 0 radical (unpaired) electrons. The van der Waals surface area contributed by atoms with Crippen LogP contribution in [0.3, 0.4) is 0 Å². The van der Waals surface area contributed by atoms with Gasteiger partial charge in [-0.05, 0) is 58.9 Å². The maximum atomic E-state index is 5.06. The van der Waals surface area contributed by atoms with Crippen molar-refractivity contribution in [3.05, 3.63) is 144 Å². The molecule has 0 aromatic heterocycles. The summed E-state index contributed by atoms with van der Waals surface area (Å²) in [5, 5.41) is 0. The molecule has 0 spiro atoms. The number of aliphatic imine (C=N–C) groups is 1. The summed E-state index contributed by atoms with van der Waals surface area (Å²) in [6.07, 6.45) is 3.13. The van der Waals surface area contributed by atoms with Crippen LogP contribution < -0.4 is 0 Å². The minimum Gasteiger partial charge on any atom is -0.252 e. The highest BCUT2D eigenvalue weighted by atomic mass is 14.8. The highest BCUT2D eigenvalue weighted by Gasteiger charge is 2.07. The summed E-state index contributed by atoms with van der Waals surface area (Å²) < 4.78 is 0. The first-order valence-electron chi connectivity index (χ1n) is 11.4. The summed E-state index contributed by atoms with van der Waals surface area (Å²) in [6, 6.07) is 37.9. The van der Waals surface area contributed by atoms with E-state index in [1.54, 1.807) is 0 Å². The molecule has 0 atom stereocenters. The second kappa shape index (κ2) is 10.6. The normalized spacial score (nSPS) is 11.9. The Morgan fingerprint density at radius 3 is 1.94 bits per heavy atom. The molecule has 0 heterocycles. The Bertz CT molecular complexity index is 1280. The molecule has 0 fully saturated rings. The summed E-state index contributed by atoms with van der Waals surface area (Å²) >= 11 is 0. The lowest BCUT2D eigenvalue weighted by molar-refractivity contribution is 1.14. The molecule has 0 aliphatic rings. The van der Waals surface area contributed by atoms with E-state index >= 15 is 0 Å². The van der Waals surface area contributed by atoms with Gasteiger partial charge in [0, 0.05) is 11.3 Å². The highest BCUT2D eigenvalue weighted by Crippen LogP contribution is 2.28. The van der Waals surface area contributed by atoms with Gasteiger partial charge in [0.2, 0.25) is 0 Å². The lowest BCUT2D eigenvalue weighted by Crippen LogP contribution is -1.96. The van der Waals surface area contributed by atoms with Crippen molar-refractivity contribution in [1.82, 2.24) is 0 Å². The molecule has 0 saturated carbocycles. The van der Waals surface area contributed by atoms with E-state index < -0.39 is 0 Å². The van der Waals surface area contributed by atoms with Crippen molar-refractivity contribution >= 4 is 17.0 Å². The number of aryl methyl sites for hydroxylation is 1. The van der Waals surface area contributed by atoms with Gasteiger partial charge in [0.1, 0.15) is 0 Å². The quantitative estimate of drug-likeness (QED) is 0.207. The molecular formula is C32H29N. The van der Waals surface area contributed by atoms with Crippen LogP contribution in [-0.4, -0.2) is 5.71 Å². The van der Waals surface area contributed by atoms with Crippen molar-refractivity contribution in [1.29, 1.82) is 0 Å². The molecule has 0 bridgehead atoms. The number of rotatable bonds is 7. The Morgan fingerprint density at radius 2 is 1.30 bits per heavy atom. The Hall–Kier alpha value is -3.97. The van der Waals surface area contributed by atoms with Crippen LogP contribution >= 0.6 is 0 Å². The second-order valence-corrected chi connectivity index (χ2v) is 8.12. The van der Waals surface area contributed by atoms with E-state index in [1.165, 1.54) is 16.7 Å². The van der Waals surface area contributed by atoms with Crippen LogP contribution in [0.5, 0.6) is 0 Å². The predicted octanol–water partition coefficient (Wildman–Crippen LogP) is 8.48. The van der Waals surface area contributed by atoms with E-state index in [0.29, 0.717) is 0 Å². The van der Waals surface area contributed by atoms with E-state index in [-0.39, 0.29) is 0 Å². The molecule has 0 amide bonds. The lowest BCUT2D eigenvalue weighted by Gasteiger charge is -2.10. The number of hydrogen-bond acceptors (Lipinski definition) is 1. The third-order valence-electron chi connectivity index (χ3n) is 5.79. The van der Waals surface area contributed by atoms with Gasteiger partial charge >= 0.3 is 0 Å².